The molecule has 2 N–H and O–H groups in total. The van der Waals surface area contributed by atoms with Gasteiger partial charge in [-0.15, -0.1) is 0 Å². The molecule has 0 aliphatic carbocycles. The van der Waals surface area contributed by atoms with Crippen LogP contribution in [0, 0.1) is 0 Å². The summed E-state index contributed by atoms with van der Waals surface area (Å²) in [6.07, 6.45) is -5.37. The maximum atomic E-state index is 12.7. The topological polar surface area (TPSA) is 61.5 Å². The largest absolute Gasteiger partial charge is 0.477 e. The first-order chi connectivity index (χ1) is 9.86. The van der Waals surface area contributed by atoms with E-state index in [0.29, 0.717) is 6.42 Å². The van der Waals surface area contributed by atoms with E-state index in [1.165, 1.54) is 12.1 Å². The van der Waals surface area contributed by atoms with Gasteiger partial charge in [0.2, 0.25) is 6.10 Å². The summed E-state index contributed by atoms with van der Waals surface area (Å²) < 4.78 is 48.1. The molecule has 4 nitrogen and oxygen atoms in total. The van der Waals surface area contributed by atoms with Crippen molar-refractivity contribution >= 4 is 5.97 Å². The lowest BCUT2D eigenvalue weighted by molar-refractivity contribution is -0.183. The van der Waals surface area contributed by atoms with E-state index in [0.717, 1.165) is 6.42 Å². The van der Waals surface area contributed by atoms with E-state index >= 15 is 0 Å². The lowest BCUT2D eigenvalue weighted by atomic mass is 10.1. The number of alkyl halides is 3. The zero-order chi connectivity index (χ0) is 15.9. The molecule has 0 aromatic heterocycles. The molecule has 0 aliphatic heterocycles. The number of hydrogen-bond donors (Lipinski definition) is 1. The number of ether oxygens (including phenoxy) is 2. The van der Waals surface area contributed by atoms with Crippen LogP contribution in [0.1, 0.15) is 19.8 Å². The van der Waals surface area contributed by atoms with E-state index in [-0.39, 0.29) is 12.4 Å². The van der Waals surface area contributed by atoms with Crippen LogP contribution in [0.4, 0.5) is 13.2 Å². The Kier molecular flexibility index (Phi) is 6.48. The lowest BCUT2D eigenvalue weighted by Gasteiger charge is -2.25. The highest BCUT2D eigenvalue weighted by atomic mass is 19.4. The number of halogens is 3. The summed E-state index contributed by atoms with van der Waals surface area (Å²) in [4.78, 5) is 11.8. The highest BCUT2D eigenvalue weighted by Gasteiger charge is 2.47. The quantitative estimate of drug-likeness (QED) is 0.621. The number of carbonyl (C=O) groups excluding carboxylic acids is 1. The van der Waals surface area contributed by atoms with Crippen LogP contribution in [0.5, 0.6) is 5.75 Å². The maximum Gasteiger partial charge on any atom is 0.407 e. The van der Waals surface area contributed by atoms with Gasteiger partial charge in [0, 0.05) is 0 Å². The van der Waals surface area contributed by atoms with Crippen LogP contribution in [-0.4, -0.2) is 30.9 Å². The molecule has 0 amide bonds. The van der Waals surface area contributed by atoms with Crippen molar-refractivity contribution in [1.29, 1.82) is 0 Å². The van der Waals surface area contributed by atoms with Gasteiger partial charge in [0.25, 0.3) is 0 Å². The third-order valence-electron chi connectivity index (χ3n) is 2.68. The predicted octanol–water partition coefficient (Wildman–Crippen LogP) is 2.67. The minimum Gasteiger partial charge on any atom is -0.477 e. The number of rotatable bonds is 7. The summed E-state index contributed by atoms with van der Waals surface area (Å²) in [5.74, 6) is -0.994. The van der Waals surface area contributed by atoms with Crippen molar-refractivity contribution in [3.8, 4) is 5.75 Å². The molecule has 0 radical (unpaired) electrons. The number of hydrogen-bond acceptors (Lipinski definition) is 4. The van der Waals surface area contributed by atoms with Crippen molar-refractivity contribution in [2.75, 3.05) is 6.61 Å². The summed E-state index contributed by atoms with van der Waals surface area (Å²) >= 11 is 0. The van der Waals surface area contributed by atoms with Gasteiger partial charge in [0.1, 0.15) is 11.8 Å². The van der Waals surface area contributed by atoms with Gasteiger partial charge in [-0.05, 0) is 18.6 Å². The zero-order valence-corrected chi connectivity index (χ0v) is 11.6. The lowest BCUT2D eigenvalue weighted by Crippen LogP contribution is -2.53. The molecule has 1 aromatic rings. The summed E-state index contributed by atoms with van der Waals surface area (Å²) in [5, 5.41) is 0. The van der Waals surface area contributed by atoms with Crippen LogP contribution in [0.2, 0.25) is 0 Å². The van der Waals surface area contributed by atoms with Gasteiger partial charge in [0.05, 0.1) is 6.61 Å². The smallest absolute Gasteiger partial charge is 0.407 e. The van der Waals surface area contributed by atoms with E-state index in [4.69, 9.17) is 15.2 Å². The Morgan fingerprint density at radius 3 is 2.43 bits per heavy atom. The molecule has 2 atom stereocenters. The molecular formula is C14H18F3NO3. The highest BCUT2D eigenvalue weighted by molar-refractivity contribution is 5.76. The van der Waals surface area contributed by atoms with Crippen molar-refractivity contribution < 1.29 is 27.4 Å². The van der Waals surface area contributed by atoms with Crippen molar-refractivity contribution in [2.24, 2.45) is 5.73 Å². The van der Waals surface area contributed by atoms with E-state index < -0.39 is 24.3 Å². The molecule has 0 heterocycles. The average molecular weight is 305 g/mol. The number of benzene rings is 1. The van der Waals surface area contributed by atoms with Crippen molar-refractivity contribution in [2.45, 2.75) is 38.1 Å². The minimum absolute atomic E-state index is 0.0363. The first kappa shape index (κ1) is 17.3. The Balaban J connectivity index is 2.81. The van der Waals surface area contributed by atoms with Gasteiger partial charge in [-0.3, -0.25) is 0 Å². The molecule has 21 heavy (non-hydrogen) atoms. The third kappa shape index (κ3) is 5.63. The second-order valence-corrected chi connectivity index (χ2v) is 4.44. The minimum atomic E-state index is -4.76. The van der Waals surface area contributed by atoms with Crippen molar-refractivity contribution in [1.82, 2.24) is 0 Å². The van der Waals surface area contributed by atoms with Gasteiger partial charge < -0.3 is 15.2 Å². The Hall–Kier alpha value is -1.76. The van der Waals surface area contributed by atoms with Crippen molar-refractivity contribution in [3.63, 3.8) is 0 Å². The summed E-state index contributed by atoms with van der Waals surface area (Å²) in [5.41, 5.74) is 5.10. The number of esters is 1. The summed E-state index contributed by atoms with van der Waals surface area (Å²) in [7, 11) is 0. The van der Waals surface area contributed by atoms with Gasteiger partial charge in [0.15, 0.2) is 0 Å². The van der Waals surface area contributed by atoms with E-state index in [9.17, 15) is 18.0 Å². The molecule has 0 saturated heterocycles. The highest BCUT2D eigenvalue weighted by Crippen LogP contribution is 2.24. The van der Waals surface area contributed by atoms with E-state index in [2.05, 4.69) is 0 Å². The third-order valence-corrected chi connectivity index (χ3v) is 2.68. The van der Waals surface area contributed by atoms with Gasteiger partial charge in [-0.25, -0.2) is 4.79 Å². The normalized spacial score (nSPS) is 14.3. The van der Waals surface area contributed by atoms with E-state index in [1.807, 2.05) is 6.92 Å². The second kappa shape index (κ2) is 7.87. The number of carbonyl (C=O) groups is 1. The van der Waals surface area contributed by atoms with Gasteiger partial charge in [-0.2, -0.15) is 13.2 Å². The number of unbranched alkanes of at least 4 members (excludes halogenated alkanes) is 1. The van der Waals surface area contributed by atoms with Crippen LogP contribution in [0.15, 0.2) is 30.3 Å². The van der Waals surface area contributed by atoms with Crippen LogP contribution in [0.3, 0.4) is 0 Å². The molecule has 118 valence electrons. The Morgan fingerprint density at radius 1 is 1.29 bits per heavy atom. The molecule has 0 aliphatic rings. The first-order valence-corrected chi connectivity index (χ1v) is 6.57. The van der Waals surface area contributed by atoms with Crippen LogP contribution >= 0.6 is 0 Å². The Labute approximate surface area is 121 Å². The predicted molar refractivity (Wildman–Crippen MR) is 70.8 cm³/mol. The van der Waals surface area contributed by atoms with E-state index in [1.54, 1.807) is 18.2 Å². The Bertz CT molecular complexity index is 437. The zero-order valence-electron chi connectivity index (χ0n) is 11.6. The number of nitrogens with two attached hydrogens (primary N) is 1. The summed E-state index contributed by atoms with van der Waals surface area (Å²) in [6.45, 7) is 1.90. The second-order valence-electron chi connectivity index (χ2n) is 4.44. The van der Waals surface area contributed by atoms with Crippen LogP contribution < -0.4 is 10.5 Å². The molecule has 1 rings (SSSR count). The molecule has 0 fully saturated rings. The fourth-order valence-electron chi connectivity index (χ4n) is 1.48. The van der Waals surface area contributed by atoms with Crippen molar-refractivity contribution in [3.05, 3.63) is 30.3 Å². The monoisotopic (exact) mass is 305 g/mol. The molecule has 7 heteroatoms. The van der Waals surface area contributed by atoms with Gasteiger partial charge >= 0.3 is 12.1 Å². The SMILES string of the molecule is CCCCOC(=O)[C@@H](Oc1ccccc1)[C@H](N)C(F)(F)F. The average Bonchev–Trinajstić information content (AvgIpc) is 2.44. The molecule has 0 saturated carbocycles. The molecular weight excluding hydrogens is 287 g/mol. The van der Waals surface area contributed by atoms with Gasteiger partial charge in [-0.1, -0.05) is 31.5 Å². The first-order valence-electron chi connectivity index (χ1n) is 6.57. The molecule has 0 bridgehead atoms. The summed E-state index contributed by atoms with van der Waals surface area (Å²) in [6, 6.07) is 5.25. The fraction of sp³-hybridized carbons (Fsp3) is 0.500. The maximum absolute atomic E-state index is 12.7. The molecule has 0 spiro atoms. The standard InChI is InChI=1S/C14H18F3NO3/c1-2-3-9-20-13(19)11(12(18)14(15,16)17)21-10-7-5-4-6-8-10/h4-8,11-12H,2-3,9,18H2,1H3/t11-,12-/m0/s1. The Morgan fingerprint density at radius 2 is 1.90 bits per heavy atom. The van der Waals surface area contributed by atoms with Crippen LogP contribution in [-0.2, 0) is 9.53 Å². The fourth-order valence-corrected chi connectivity index (χ4v) is 1.48. The number of para-hydroxylation sites is 1. The molecule has 1 aromatic carbocycles. The van der Waals surface area contributed by atoms with Crippen LogP contribution in [0.25, 0.3) is 0 Å². The molecule has 0 unspecified atom stereocenters.